The third kappa shape index (κ3) is 4.53. The molecule has 1 aromatic rings. The van der Waals surface area contributed by atoms with Crippen LogP contribution in [-0.2, 0) is 4.79 Å². The first kappa shape index (κ1) is 16.9. The maximum atomic E-state index is 12.4. The summed E-state index contributed by atoms with van der Waals surface area (Å²) in [5, 5.41) is 3.27. The highest BCUT2D eigenvalue weighted by molar-refractivity contribution is 5.78. The number of piperidine rings is 1. The second-order valence-corrected chi connectivity index (χ2v) is 7.71. The summed E-state index contributed by atoms with van der Waals surface area (Å²) in [7, 11) is 0. The molecule has 5 nitrogen and oxygen atoms in total. The molecule has 2 aliphatic heterocycles. The molecule has 0 unspecified atom stereocenters. The molecule has 2 heterocycles. The van der Waals surface area contributed by atoms with Crippen LogP contribution in [0.1, 0.15) is 25.7 Å². The van der Waals surface area contributed by atoms with Crippen LogP contribution in [-0.4, -0.2) is 73.6 Å². The number of nitrogens with one attached hydrogen (secondary N) is 1. The molecule has 25 heavy (non-hydrogen) atoms. The lowest BCUT2D eigenvalue weighted by atomic mass is 10.0. The smallest absolute Gasteiger partial charge is 0.234 e. The largest absolute Gasteiger partial charge is 0.369 e. The van der Waals surface area contributed by atoms with E-state index in [-0.39, 0.29) is 5.91 Å². The zero-order valence-corrected chi connectivity index (χ0v) is 15.1. The van der Waals surface area contributed by atoms with Crippen molar-refractivity contribution in [1.29, 1.82) is 0 Å². The molecule has 1 saturated carbocycles. The molecular formula is C20H30N4O. The standard InChI is InChI=1S/C20H30N4O/c25-20(21-17-8-10-23(11-9-17)19-6-7-19)16-22-12-14-24(15-13-22)18-4-2-1-3-5-18/h1-5,17,19H,6-16H2,(H,21,25). The van der Waals surface area contributed by atoms with E-state index in [2.05, 4.69) is 50.3 Å². The van der Waals surface area contributed by atoms with Crippen molar-refractivity contribution in [2.45, 2.75) is 37.8 Å². The van der Waals surface area contributed by atoms with E-state index in [9.17, 15) is 4.79 Å². The molecule has 4 rings (SSSR count). The molecule has 3 aliphatic rings. The molecule has 0 radical (unpaired) electrons. The highest BCUT2D eigenvalue weighted by atomic mass is 16.2. The molecule has 3 fully saturated rings. The highest BCUT2D eigenvalue weighted by Crippen LogP contribution is 2.29. The number of nitrogens with zero attached hydrogens (tertiary/aromatic N) is 3. The van der Waals surface area contributed by atoms with E-state index < -0.39 is 0 Å². The summed E-state index contributed by atoms with van der Waals surface area (Å²) in [6, 6.07) is 11.8. The third-order valence-corrected chi connectivity index (χ3v) is 5.82. The highest BCUT2D eigenvalue weighted by Gasteiger charge is 2.32. The van der Waals surface area contributed by atoms with Gasteiger partial charge in [-0.3, -0.25) is 9.69 Å². The van der Waals surface area contributed by atoms with Crippen LogP contribution in [0, 0.1) is 0 Å². The van der Waals surface area contributed by atoms with Crippen molar-refractivity contribution in [2.75, 3.05) is 50.7 Å². The Balaban J connectivity index is 1.16. The minimum absolute atomic E-state index is 0.207. The first-order valence-electron chi connectivity index (χ1n) is 9.84. The number of carbonyl (C=O) groups excluding carboxylic acids is 1. The molecule has 0 aromatic heterocycles. The average Bonchev–Trinajstić information content (AvgIpc) is 3.49. The van der Waals surface area contributed by atoms with Crippen LogP contribution in [0.5, 0.6) is 0 Å². The Morgan fingerprint density at radius 2 is 1.60 bits per heavy atom. The second kappa shape index (κ2) is 7.75. The molecule has 0 spiro atoms. The Labute approximate surface area is 151 Å². The van der Waals surface area contributed by atoms with Crippen molar-refractivity contribution in [3.63, 3.8) is 0 Å². The lowest BCUT2D eigenvalue weighted by Gasteiger charge is -2.36. The van der Waals surface area contributed by atoms with Gasteiger partial charge in [0.1, 0.15) is 0 Å². The fourth-order valence-electron chi connectivity index (χ4n) is 4.13. The first-order chi connectivity index (χ1) is 12.3. The summed E-state index contributed by atoms with van der Waals surface area (Å²) in [5.74, 6) is 0.207. The SMILES string of the molecule is O=C(CN1CCN(c2ccccc2)CC1)NC1CCN(C2CC2)CC1. The van der Waals surface area contributed by atoms with E-state index >= 15 is 0 Å². The molecule has 1 aliphatic carbocycles. The molecule has 5 heteroatoms. The van der Waals surface area contributed by atoms with E-state index in [1.165, 1.54) is 18.5 Å². The Morgan fingerprint density at radius 1 is 0.920 bits per heavy atom. The summed E-state index contributed by atoms with van der Waals surface area (Å²) < 4.78 is 0. The van der Waals surface area contributed by atoms with Crippen molar-refractivity contribution in [2.24, 2.45) is 0 Å². The molecule has 0 atom stereocenters. The number of likely N-dealkylation sites (tertiary alicyclic amines) is 1. The lowest BCUT2D eigenvalue weighted by molar-refractivity contribution is -0.123. The molecule has 1 aromatic carbocycles. The minimum Gasteiger partial charge on any atom is -0.369 e. The predicted octanol–water partition coefficient (Wildman–Crippen LogP) is 1.55. The van der Waals surface area contributed by atoms with Crippen molar-refractivity contribution in [1.82, 2.24) is 15.1 Å². The van der Waals surface area contributed by atoms with Gasteiger partial charge >= 0.3 is 0 Å². The van der Waals surface area contributed by atoms with Gasteiger partial charge < -0.3 is 15.1 Å². The molecular weight excluding hydrogens is 312 g/mol. The number of anilines is 1. The van der Waals surface area contributed by atoms with Crippen LogP contribution < -0.4 is 10.2 Å². The average molecular weight is 342 g/mol. The molecule has 2 saturated heterocycles. The Kier molecular flexibility index (Phi) is 5.22. The quantitative estimate of drug-likeness (QED) is 0.881. The minimum atomic E-state index is 0.207. The summed E-state index contributed by atoms with van der Waals surface area (Å²) >= 11 is 0. The first-order valence-corrected chi connectivity index (χ1v) is 9.84. The van der Waals surface area contributed by atoms with Crippen molar-refractivity contribution >= 4 is 11.6 Å². The number of benzene rings is 1. The van der Waals surface area contributed by atoms with Gasteiger partial charge in [0.2, 0.25) is 5.91 Å². The second-order valence-electron chi connectivity index (χ2n) is 7.71. The van der Waals surface area contributed by atoms with Crippen LogP contribution >= 0.6 is 0 Å². The maximum absolute atomic E-state index is 12.4. The Morgan fingerprint density at radius 3 is 2.24 bits per heavy atom. The number of amides is 1. The fourth-order valence-corrected chi connectivity index (χ4v) is 4.13. The molecule has 0 bridgehead atoms. The van der Waals surface area contributed by atoms with Crippen molar-refractivity contribution < 1.29 is 4.79 Å². The van der Waals surface area contributed by atoms with Crippen LogP contribution in [0.3, 0.4) is 0 Å². The van der Waals surface area contributed by atoms with Gasteiger partial charge in [0.05, 0.1) is 6.54 Å². The number of piperazine rings is 1. The fraction of sp³-hybridized carbons (Fsp3) is 0.650. The number of hydrogen-bond acceptors (Lipinski definition) is 4. The van der Waals surface area contributed by atoms with Crippen molar-refractivity contribution in [3.8, 4) is 0 Å². The van der Waals surface area contributed by atoms with E-state index in [4.69, 9.17) is 0 Å². The van der Waals surface area contributed by atoms with Gasteiger partial charge in [-0.15, -0.1) is 0 Å². The monoisotopic (exact) mass is 342 g/mol. The van der Waals surface area contributed by atoms with Gasteiger partial charge in [-0.2, -0.15) is 0 Å². The molecule has 1 N–H and O–H groups in total. The van der Waals surface area contributed by atoms with Crippen LogP contribution in [0.25, 0.3) is 0 Å². The Bertz CT molecular complexity index is 558. The third-order valence-electron chi connectivity index (χ3n) is 5.82. The molecule has 1 amide bonds. The summed E-state index contributed by atoms with van der Waals surface area (Å²) in [6.45, 7) is 6.78. The number of para-hydroxylation sites is 1. The molecule has 136 valence electrons. The maximum Gasteiger partial charge on any atom is 0.234 e. The van der Waals surface area contributed by atoms with Gasteiger partial charge in [-0.1, -0.05) is 18.2 Å². The Hall–Kier alpha value is -1.59. The van der Waals surface area contributed by atoms with E-state index in [1.54, 1.807) is 0 Å². The lowest BCUT2D eigenvalue weighted by Crippen LogP contribution is -2.52. The predicted molar refractivity (Wildman–Crippen MR) is 101 cm³/mol. The van der Waals surface area contributed by atoms with Gasteiger partial charge in [0, 0.05) is 57.0 Å². The van der Waals surface area contributed by atoms with Gasteiger partial charge in [-0.25, -0.2) is 0 Å². The summed E-state index contributed by atoms with van der Waals surface area (Å²) in [5.41, 5.74) is 1.29. The van der Waals surface area contributed by atoms with Crippen LogP contribution in [0.15, 0.2) is 30.3 Å². The summed E-state index contributed by atoms with van der Waals surface area (Å²) in [6.07, 6.45) is 4.99. The number of hydrogen-bond donors (Lipinski definition) is 1. The van der Waals surface area contributed by atoms with E-state index in [0.717, 1.165) is 58.2 Å². The normalized spacial score (nSPS) is 23.6. The van der Waals surface area contributed by atoms with Crippen LogP contribution in [0.2, 0.25) is 0 Å². The number of carbonyl (C=O) groups is 1. The zero-order valence-electron chi connectivity index (χ0n) is 15.1. The number of rotatable bonds is 5. The van der Waals surface area contributed by atoms with Crippen molar-refractivity contribution in [3.05, 3.63) is 30.3 Å². The van der Waals surface area contributed by atoms with Crippen LogP contribution in [0.4, 0.5) is 5.69 Å². The zero-order chi connectivity index (χ0) is 17.1. The summed E-state index contributed by atoms with van der Waals surface area (Å²) in [4.78, 5) is 19.7. The van der Waals surface area contributed by atoms with Gasteiger partial charge in [-0.05, 0) is 37.8 Å². The topological polar surface area (TPSA) is 38.8 Å². The van der Waals surface area contributed by atoms with E-state index in [0.29, 0.717) is 12.6 Å². The van der Waals surface area contributed by atoms with Gasteiger partial charge in [0.15, 0.2) is 0 Å². The van der Waals surface area contributed by atoms with E-state index in [1.807, 2.05) is 0 Å². The van der Waals surface area contributed by atoms with Gasteiger partial charge in [0.25, 0.3) is 0 Å².